The summed E-state index contributed by atoms with van der Waals surface area (Å²) in [6.07, 6.45) is 3.66. The molecule has 4 rings (SSSR count). The minimum atomic E-state index is -0.373. The summed E-state index contributed by atoms with van der Waals surface area (Å²) in [7, 11) is 2.96. The maximum absolute atomic E-state index is 11.6. The smallest absolute Gasteiger partial charge is 0.337 e. The highest BCUT2D eigenvalue weighted by molar-refractivity contribution is 8.00. The largest absolute Gasteiger partial charge is 0.496 e. The lowest BCUT2D eigenvalue weighted by Gasteiger charge is -2.08. The number of carbonyl (C=O) groups is 1. The number of benzene rings is 2. The topological polar surface area (TPSA) is 117 Å². The van der Waals surface area contributed by atoms with Gasteiger partial charge in [-0.1, -0.05) is 5.16 Å². The quantitative estimate of drug-likeness (QED) is 0.314. The van der Waals surface area contributed by atoms with Crippen LogP contribution in [0.25, 0.3) is 11.0 Å². The van der Waals surface area contributed by atoms with Gasteiger partial charge in [0, 0.05) is 23.2 Å². The maximum Gasteiger partial charge on any atom is 0.337 e. The van der Waals surface area contributed by atoms with Gasteiger partial charge in [0.05, 0.1) is 32.5 Å². The summed E-state index contributed by atoms with van der Waals surface area (Å²) in [5.74, 6) is 0.816. The molecule has 0 aliphatic rings. The molecule has 3 N–H and O–H groups in total. The fourth-order valence-corrected chi connectivity index (χ4v) is 3.71. The molecule has 2 aromatic heterocycles. The van der Waals surface area contributed by atoms with E-state index in [4.69, 9.17) is 19.7 Å². The zero-order chi connectivity index (χ0) is 21.8. The third-order valence-corrected chi connectivity index (χ3v) is 5.43. The van der Waals surface area contributed by atoms with Gasteiger partial charge in [0.25, 0.3) is 0 Å². The lowest BCUT2D eigenvalue weighted by atomic mass is 10.1. The van der Waals surface area contributed by atoms with Gasteiger partial charge >= 0.3 is 5.97 Å². The second-order valence-corrected chi connectivity index (χ2v) is 7.55. The van der Waals surface area contributed by atoms with E-state index in [0.717, 1.165) is 21.4 Å². The number of nitrogens with zero attached hydrogens (tertiary/aromatic N) is 3. The Morgan fingerprint density at radius 2 is 2.03 bits per heavy atom. The van der Waals surface area contributed by atoms with Gasteiger partial charge in [0.15, 0.2) is 11.4 Å². The van der Waals surface area contributed by atoms with Gasteiger partial charge in [-0.2, -0.15) is 5.10 Å². The highest BCUT2D eigenvalue weighted by atomic mass is 32.2. The Balaban J connectivity index is 1.53. The molecule has 10 heteroatoms. The molecule has 0 amide bonds. The zero-order valence-electron chi connectivity index (χ0n) is 17.0. The van der Waals surface area contributed by atoms with Crippen LogP contribution < -0.4 is 15.2 Å². The Bertz CT molecular complexity index is 1200. The summed E-state index contributed by atoms with van der Waals surface area (Å²) in [6, 6.07) is 10.9. The third-order valence-electron chi connectivity index (χ3n) is 4.63. The normalized spacial score (nSPS) is 10.9. The van der Waals surface area contributed by atoms with E-state index in [0.29, 0.717) is 35.8 Å². The van der Waals surface area contributed by atoms with E-state index in [2.05, 4.69) is 15.0 Å². The second-order valence-electron chi connectivity index (χ2n) is 6.67. The predicted octanol–water partition coefficient (Wildman–Crippen LogP) is 3.45. The highest BCUT2D eigenvalue weighted by Crippen LogP contribution is 2.35. The van der Waals surface area contributed by atoms with E-state index >= 15 is 0 Å². The van der Waals surface area contributed by atoms with Crippen molar-refractivity contribution in [3.05, 3.63) is 65.5 Å². The van der Waals surface area contributed by atoms with Crippen LogP contribution in [-0.2, 0) is 17.8 Å². The Morgan fingerprint density at radius 3 is 2.71 bits per heavy atom. The van der Waals surface area contributed by atoms with Crippen molar-refractivity contribution in [1.29, 1.82) is 0 Å². The number of fused-ring (bicyclic) bond motifs is 1. The van der Waals surface area contributed by atoms with Crippen LogP contribution in [0.5, 0.6) is 5.75 Å². The van der Waals surface area contributed by atoms with Crippen molar-refractivity contribution in [2.24, 2.45) is 5.73 Å². The molecule has 160 valence electrons. The number of ether oxygens (including phenoxy) is 2. The molecule has 0 radical (unpaired) electrons. The van der Waals surface area contributed by atoms with E-state index < -0.39 is 0 Å². The summed E-state index contributed by atoms with van der Waals surface area (Å²) in [5.41, 5.74) is 8.67. The fraction of sp³-hybridized carbons (Fsp3) is 0.190. The highest BCUT2D eigenvalue weighted by Gasteiger charge is 2.16. The van der Waals surface area contributed by atoms with Gasteiger partial charge in [-0.05, 0) is 53.9 Å². The maximum atomic E-state index is 11.6. The number of nitrogens with two attached hydrogens (primary N) is 1. The molecule has 0 atom stereocenters. The monoisotopic (exact) mass is 439 g/mol. The SMILES string of the molecule is COC(=O)c1ccc(SNc2noc3cc(Cn4cc(CN)cn4)cc(OC)c23)cc1. The van der Waals surface area contributed by atoms with Gasteiger partial charge in [0.2, 0.25) is 0 Å². The Hall–Kier alpha value is -3.50. The number of aromatic nitrogens is 3. The number of rotatable bonds is 8. The number of anilines is 1. The van der Waals surface area contributed by atoms with Crippen LogP contribution in [0.15, 0.2) is 58.2 Å². The third kappa shape index (κ3) is 4.49. The number of esters is 1. The summed E-state index contributed by atoms with van der Waals surface area (Å²) in [4.78, 5) is 12.5. The van der Waals surface area contributed by atoms with Crippen LogP contribution in [0.3, 0.4) is 0 Å². The number of carbonyl (C=O) groups excluding carboxylic acids is 1. The van der Waals surface area contributed by atoms with Gasteiger partial charge in [-0.3, -0.25) is 4.68 Å². The molecular weight excluding hydrogens is 418 g/mol. The minimum Gasteiger partial charge on any atom is -0.496 e. The number of hydrogen-bond acceptors (Lipinski definition) is 9. The summed E-state index contributed by atoms with van der Waals surface area (Å²) in [6.45, 7) is 1.000. The molecule has 2 heterocycles. The Morgan fingerprint density at radius 1 is 1.23 bits per heavy atom. The molecule has 9 nitrogen and oxygen atoms in total. The molecule has 0 unspecified atom stereocenters. The first-order chi connectivity index (χ1) is 15.1. The Kier molecular flexibility index (Phi) is 6.10. The number of hydrogen-bond donors (Lipinski definition) is 2. The zero-order valence-corrected chi connectivity index (χ0v) is 17.8. The molecule has 0 saturated carbocycles. The molecule has 0 saturated heterocycles. The minimum absolute atomic E-state index is 0.373. The van der Waals surface area contributed by atoms with Crippen molar-refractivity contribution in [2.45, 2.75) is 18.0 Å². The molecule has 4 aromatic rings. The standard InChI is InChI=1S/C21H21N5O4S/c1-28-17-7-13(11-26-12-14(9-22)10-23-26)8-18-19(17)20(24-30-18)25-31-16-5-3-15(4-6-16)21(27)29-2/h3-8,10,12H,9,11,22H2,1-2H3,(H,24,25). The molecule has 0 aliphatic heterocycles. The predicted molar refractivity (Wildman–Crippen MR) is 117 cm³/mol. The molecule has 31 heavy (non-hydrogen) atoms. The van der Waals surface area contributed by atoms with Crippen LogP contribution in [0, 0.1) is 0 Å². The average molecular weight is 439 g/mol. The molecule has 0 spiro atoms. The van der Waals surface area contributed by atoms with Crippen molar-refractivity contribution in [3.8, 4) is 5.75 Å². The van der Waals surface area contributed by atoms with E-state index in [1.165, 1.54) is 19.1 Å². The van der Waals surface area contributed by atoms with E-state index in [1.807, 2.05) is 35.1 Å². The molecular formula is C21H21N5O4S. The van der Waals surface area contributed by atoms with Crippen molar-refractivity contribution >= 4 is 34.7 Å². The van der Waals surface area contributed by atoms with Crippen LogP contribution in [0.4, 0.5) is 5.82 Å². The lowest BCUT2D eigenvalue weighted by Crippen LogP contribution is -2.01. The molecule has 0 bridgehead atoms. The number of methoxy groups -OCH3 is 2. The first kappa shape index (κ1) is 20.8. The van der Waals surface area contributed by atoms with E-state index in [1.54, 1.807) is 25.4 Å². The van der Waals surface area contributed by atoms with Crippen molar-refractivity contribution < 1.29 is 18.8 Å². The van der Waals surface area contributed by atoms with Gasteiger partial charge < -0.3 is 24.5 Å². The van der Waals surface area contributed by atoms with E-state index in [9.17, 15) is 4.79 Å². The Labute approximate surface area is 182 Å². The van der Waals surface area contributed by atoms with Crippen molar-refractivity contribution in [3.63, 3.8) is 0 Å². The molecule has 2 aromatic carbocycles. The summed E-state index contributed by atoms with van der Waals surface area (Å²) < 4.78 is 20.8. The summed E-state index contributed by atoms with van der Waals surface area (Å²) in [5, 5.41) is 9.20. The van der Waals surface area contributed by atoms with Gasteiger partial charge in [-0.25, -0.2) is 4.79 Å². The van der Waals surface area contributed by atoms with Crippen LogP contribution in [-0.4, -0.2) is 35.1 Å². The van der Waals surface area contributed by atoms with Gasteiger partial charge in [0.1, 0.15) is 11.1 Å². The first-order valence-electron chi connectivity index (χ1n) is 9.40. The van der Waals surface area contributed by atoms with Crippen LogP contribution in [0.1, 0.15) is 21.5 Å². The fourth-order valence-electron chi connectivity index (χ4n) is 3.08. The first-order valence-corrected chi connectivity index (χ1v) is 10.2. The molecule has 0 aliphatic carbocycles. The van der Waals surface area contributed by atoms with Crippen molar-refractivity contribution in [1.82, 2.24) is 14.9 Å². The van der Waals surface area contributed by atoms with Gasteiger partial charge in [-0.15, -0.1) is 0 Å². The van der Waals surface area contributed by atoms with Crippen LogP contribution in [0.2, 0.25) is 0 Å². The average Bonchev–Trinajstić information content (AvgIpc) is 3.43. The van der Waals surface area contributed by atoms with Crippen LogP contribution >= 0.6 is 11.9 Å². The second kappa shape index (κ2) is 9.11. The lowest BCUT2D eigenvalue weighted by molar-refractivity contribution is 0.0600. The number of nitrogens with one attached hydrogen (secondary N) is 1. The summed E-state index contributed by atoms with van der Waals surface area (Å²) >= 11 is 1.35. The molecule has 0 fully saturated rings. The van der Waals surface area contributed by atoms with Crippen molar-refractivity contribution in [2.75, 3.05) is 18.9 Å². The van der Waals surface area contributed by atoms with E-state index in [-0.39, 0.29) is 5.97 Å².